The van der Waals surface area contributed by atoms with E-state index in [1.165, 1.54) is 32.1 Å². The molecule has 1 amide bonds. The van der Waals surface area contributed by atoms with E-state index in [4.69, 9.17) is 10.3 Å². The summed E-state index contributed by atoms with van der Waals surface area (Å²) in [6.07, 6.45) is 7.72. The van der Waals surface area contributed by atoms with Crippen LogP contribution >= 0.6 is 0 Å². The standard InChI is InChI=1S/C14H23N3O2/c1-2-5-11-6-3-4-8-17(11)10-13-12(7-9-19-13)14(18)16-15/h7,9,11H,2-6,8,10,15H2,1H3,(H,16,18). The van der Waals surface area contributed by atoms with Crippen molar-refractivity contribution in [2.75, 3.05) is 6.54 Å². The molecular formula is C14H23N3O2. The van der Waals surface area contributed by atoms with Crippen LogP contribution in [-0.2, 0) is 6.54 Å². The van der Waals surface area contributed by atoms with Gasteiger partial charge in [0.05, 0.1) is 18.4 Å². The number of hydrogen-bond donors (Lipinski definition) is 2. The van der Waals surface area contributed by atoms with Crippen molar-refractivity contribution in [2.45, 2.75) is 51.6 Å². The second-order valence-electron chi connectivity index (χ2n) is 5.14. The molecule has 0 aromatic carbocycles. The summed E-state index contributed by atoms with van der Waals surface area (Å²) < 4.78 is 5.46. The third-order valence-electron chi connectivity index (χ3n) is 3.84. The molecule has 1 aliphatic rings. The number of hydrazine groups is 1. The monoisotopic (exact) mass is 265 g/mol. The van der Waals surface area contributed by atoms with Crippen molar-refractivity contribution in [1.82, 2.24) is 10.3 Å². The molecule has 1 aromatic rings. The molecular weight excluding hydrogens is 242 g/mol. The largest absolute Gasteiger partial charge is 0.467 e. The lowest BCUT2D eigenvalue weighted by Gasteiger charge is -2.35. The molecule has 2 heterocycles. The highest BCUT2D eigenvalue weighted by molar-refractivity contribution is 5.94. The number of carbonyl (C=O) groups is 1. The number of nitrogen functional groups attached to an aromatic ring is 1. The van der Waals surface area contributed by atoms with E-state index in [0.29, 0.717) is 23.9 Å². The van der Waals surface area contributed by atoms with E-state index in [1.54, 1.807) is 12.3 Å². The second kappa shape index (κ2) is 6.73. The van der Waals surface area contributed by atoms with Crippen LogP contribution in [-0.4, -0.2) is 23.4 Å². The number of carbonyl (C=O) groups excluding carboxylic acids is 1. The maximum atomic E-state index is 11.6. The molecule has 5 heteroatoms. The average molecular weight is 265 g/mol. The van der Waals surface area contributed by atoms with Crippen LogP contribution in [0, 0.1) is 0 Å². The Morgan fingerprint density at radius 1 is 1.58 bits per heavy atom. The molecule has 0 radical (unpaired) electrons. The van der Waals surface area contributed by atoms with Crippen molar-refractivity contribution < 1.29 is 9.21 Å². The fraction of sp³-hybridized carbons (Fsp3) is 0.643. The predicted molar refractivity (Wildman–Crippen MR) is 73.3 cm³/mol. The Balaban J connectivity index is 2.06. The summed E-state index contributed by atoms with van der Waals surface area (Å²) >= 11 is 0. The Morgan fingerprint density at radius 3 is 3.16 bits per heavy atom. The van der Waals surface area contributed by atoms with Gasteiger partial charge in [-0.25, -0.2) is 5.84 Å². The van der Waals surface area contributed by atoms with Crippen LogP contribution < -0.4 is 11.3 Å². The molecule has 106 valence electrons. The Hall–Kier alpha value is -1.33. The Morgan fingerprint density at radius 2 is 2.42 bits per heavy atom. The van der Waals surface area contributed by atoms with E-state index < -0.39 is 0 Å². The number of likely N-dealkylation sites (tertiary alicyclic amines) is 1. The normalized spacial score (nSPS) is 20.4. The fourth-order valence-electron chi connectivity index (χ4n) is 2.86. The first kappa shape index (κ1) is 14.1. The molecule has 0 aliphatic carbocycles. The number of amides is 1. The van der Waals surface area contributed by atoms with Gasteiger partial charge in [0, 0.05) is 6.04 Å². The number of rotatable bonds is 5. The van der Waals surface area contributed by atoms with E-state index in [0.717, 1.165) is 6.54 Å². The lowest BCUT2D eigenvalue weighted by atomic mass is 9.98. The van der Waals surface area contributed by atoms with Gasteiger partial charge in [-0.2, -0.15) is 0 Å². The smallest absolute Gasteiger partial charge is 0.268 e. The molecule has 3 N–H and O–H groups in total. The van der Waals surface area contributed by atoms with Crippen molar-refractivity contribution in [3.63, 3.8) is 0 Å². The Labute approximate surface area is 114 Å². The highest BCUT2D eigenvalue weighted by Gasteiger charge is 2.24. The SMILES string of the molecule is CCCC1CCCCN1Cc1occc1C(=O)NN. The molecule has 1 fully saturated rings. The highest BCUT2D eigenvalue weighted by atomic mass is 16.3. The van der Waals surface area contributed by atoms with Crippen LogP contribution in [0.25, 0.3) is 0 Å². The number of piperidine rings is 1. The van der Waals surface area contributed by atoms with E-state index in [-0.39, 0.29) is 5.91 Å². The van der Waals surface area contributed by atoms with Crippen LogP contribution in [0.5, 0.6) is 0 Å². The van der Waals surface area contributed by atoms with Gasteiger partial charge >= 0.3 is 0 Å². The van der Waals surface area contributed by atoms with Gasteiger partial charge in [-0.3, -0.25) is 15.1 Å². The number of hydrogen-bond acceptors (Lipinski definition) is 4. The van der Waals surface area contributed by atoms with Crippen LogP contribution in [0.15, 0.2) is 16.7 Å². The first-order valence-electron chi connectivity index (χ1n) is 7.07. The number of nitrogens with two attached hydrogens (primary N) is 1. The third-order valence-corrected chi connectivity index (χ3v) is 3.84. The summed E-state index contributed by atoms with van der Waals surface area (Å²) in [7, 11) is 0. The maximum absolute atomic E-state index is 11.6. The summed E-state index contributed by atoms with van der Waals surface area (Å²) in [6, 6.07) is 2.29. The van der Waals surface area contributed by atoms with Gasteiger partial charge in [0.2, 0.25) is 0 Å². The van der Waals surface area contributed by atoms with E-state index in [2.05, 4.69) is 17.2 Å². The zero-order chi connectivity index (χ0) is 13.7. The summed E-state index contributed by atoms with van der Waals surface area (Å²) in [5.74, 6) is 5.61. The van der Waals surface area contributed by atoms with Crippen molar-refractivity contribution in [1.29, 1.82) is 0 Å². The van der Waals surface area contributed by atoms with E-state index in [9.17, 15) is 4.79 Å². The van der Waals surface area contributed by atoms with Crippen molar-refractivity contribution in [3.8, 4) is 0 Å². The van der Waals surface area contributed by atoms with Gasteiger partial charge in [-0.1, -0.05) is 19.8 Å². The van der Waals surface area contributed by atoms with Gasteiger partial charge in [0.25, 0.3) is 5.91 Å². The van der Waals surface area contributed by atoms with Crippen molar-refractivity contribution in [3.05, 3.63) is 23.7 Å². The van der Waals surface area contributed by atoms with Crippen molar-refractivity contribution in [2.24, 2.45) is 5.84 Å². The third kappa shape index (κ3) is 3.36. The first-order chi connectivity index (χ1) is 9.26. The summed E-state index contributed by atoms with van der Waals surface area (Å²) in [5.41, 5.74) is 2.71. The topological polar surface area (TPSA) is 71.5 Å². The van der Waals surface area contributed by atoms with Crippen molar-refractivity contribution >= 4 is 5.91 Å². The quantitative estimate of drug-likeness (QED) is 0.485. The molecule has 1 aliphatic heterocycles. The van der Waals surface area contributed by atoms with E-state index >= 15 is 0 Å². The molecule has 1 atom stereocenters. The van der Waals surface area contributed by atoms with Gasteiger partial charge in [-0.05, 0) is 31.9 Å². The van der Waals surface area contributed by atoms with Gasteiger partial charge in [0.1, 0.15) is 5.76 Å². The molecule has 5 nitrogen and oxygen atoms in total. The van der Waals surface area contributed by atoms with Crippen LogP contribution in [0.1, 0.15) is 55.1 Å². The summed E-state index contributed by atoms with van der Waals surface area (Å²) in [4.78, 5) is 14.1. The minimum absolute atomic E-state index is 0.284. The lowest BCUT2D eigenvalue weighted by Crippen LogP contribution is -2.39. The lowest BCUT2D eigenvalue weighted by molar-refractivity contribution is 0.0941. The molecule has 1 unspecified atom stereocenters. The second-order valence-corrected chi connectivity index (χ2v) is 5.14. The number of furan rings is 1. The Kier molecular flexibility index (Phi) is 4.99. The average Bonchev–Trinajstić information content (AvgIpc) is 2.88. The molecule has 0 spiro atoms. The van der Waals surface area contributed by atoms with E-state index in [1.807, 2.05) is 0 Å². The minimum atomic E-state index is -0.284. The number of nitrogens with one attached hydrogen (secondary N) is 1. The van der Waals surface area contributed by atoms with Crippen LogP contribution in [0.2, 0.25) is 0 Å². The van der Waals surface area contributed by atoms with Gasteiger partial charge < -0.3 is 4.42 Å². The first-order valence-corrected chi connectivity index (χ1v) is 7.07. The molecule has 1 aromatic heterocycles. The minimum Gasteiger partial charge on any atom is -0.467 e. The fourth-order valence-corrected chi connectivity index (χ4v) is 2.86. The van der Waals surface area contributed by atoms with Crippen LogP contribution in [0.3, 0.4) is 0 Å². The maximum Gasteiger partial charge on any atom is 0.268 e. The Bertz CT molecular complexity index is 415. The zero-order valence-corrected chi connectivity index (χ0v) is 11.5. The summed E-state index contributed by atoms with van der Waals surface area (Å²) in [5, 5.41) is 0. The molecule has 1 saturated heterocycles. The number of nitrogens with zero attached hydrogens (tertiary/aromatic N) is 1. The molecule has 0 saturated carbocycles. The predicted octanol–water partition coefficient (Wildman–Crippen LogP) is 2.04. The van der Waals surface area contributed by atoms with Crippen LogP contribution in [0.4, 0.5) is 0 Å². The van der Waals surface area contributed by atoms with Gasteiger partial charge in [-0.15, -0.1) is 0 Å². The molecule has 19 heavy (non-hydrogen) atoms. The molecule has 2 rings (SSSR count). The van der Waals surface area contributed by atoms with Gasteiger partial charge in [0.15, 0.2) is 0 Å². The molecule has 0 bridgehead atoms. The highest BCUT2D eigenvalue weighted by Crippen LogP contribution is 2.24. The summed E-state index contributed by atoms with van der Waals surface area (Å²) in [6.45, 7) is 3.99. The zero-order valence-electron chi connectivity index (χ0n) is 11.5.